The Hall–Kier alpha value is -4.03. The second-order valence-electron chi connectivity index (χ2n) is 8.51. The van der Waals surface area contributed by atoms with Crippen molar-refractivity contribution in [1.82, 2.24) is 4.98 Å². The van der Waals surface area contributed by atoms with Gasteiger partial charge in [-0.1, -0.05) is 36.4 Å². The summed E-state index contributed by atoms with van der Waals surface area (Å²) in [6, 6.07) is 9.36. The van der Waals surface area contributed by atoms with Gasteiger partial charge in [-0.3, -0.25) is 0 Å². The van der Waals surface area contributed by atoms with E-state index in [0.717, 1.165) is 36.4 Å². The molecule has 1 heterocycles. The van der Waals surface area contributed by atoms with Crippen LogP contribution in [-0.4, -0.2) is 4.98 Å². The zero-order valence-corrected chi connectivity index (χ0v) is 19.5. The zero-order chi connectivity index (χ0) is 29.7. The van der Waals surface area contributed by atoms with E-state index in [-0.39, 0.29) is 0 Å². The molecule has 0 saturated carbocycles. The van der Waals surface area contributed by atoms with Crippen LogP contribution in [0.2, 0.25) is 0 Å². The molecule has 0 bridgehead atoms. The summed E-state index contributed by atoms with van der Waals surface area (Å²) in [6.07, 6.45) is -20.0. The molecule has 0 aliphatic heterocycles. The van der Waals surface area contributed by atoms with Gasteiger partial charge in [-0.2, -0.15) is 52.7 Å². The summed E-state index contributed by atoms with van der Waals surface area (Å²) in [7, 11) is 0. The minimum atomic E-state index is -5.22. The van der Waals surface area contributed by atoms with E-state index < -0.39 is 80.6 Å². The molecule has 3 aromatic carbocycles. The van der Waals surface area contributed by atoms with E-state index in [9.17, 15) is 52.7 Å². The monoisotopic (exact) mass is 579 g/mol. The van der Waals surface area contributed by atoms with Crippen molar-refractivity contribution in [3.8, 4) is 33.5 Å². The summed E-state index contributed by atoms with van der Waals surface area (Å²) in [5, 5.41) is 0. The van der Waals surface area contributed by atoms with Gasteiger partial charge >= 0.3 is 24.7 Å². The molecule has 0 unspecified atom stereocenters. The lowest BCUT2D eigenvalue weighted by Crippen LogP contribution is -2.11. The van der Waals surface area contributed by atoms with Crippen LogP contribution in [0.25, 0.3) is 33.5 Å². The average Bonchev–Trinajstić information content (AvgIpc) is 2.86. The van der Waals surface area contributed by atoms with Gasteiger partial charge in [0, 0.05) is 11.1 Å². The fraction of sp³-hybridized carbons (Fsp3) is 0.148. The first-order valence-corrected chi connectivity index (χ1v) is 11.0. The molecule has 0 aliphatic rings. The van der Waals surface area contributed by atoms with Crippen LogP contribution in [-0.2, 0) is 24.7 Å². The predicted molar refractivity (Wildman–Crippen MR) is 121 cm³/mol. The SMILES string of the molecule is FC(F)(F)c1cccc(-c2cc(C(F)(F)F)nc(-c3cccc(C(F)(F)F)c3)c2-c2cccc(C(F)(F)F)c2)c1. The molecule has 40 heavy (non-hydrogen) atoms. The van der Waals surface area contributed by atoms with Gasteiger partial charge in [-0.15, -0.1) is 0 Å². The molecule has 1 aromatic heterocycles. The van der Waals surface area contributed by atoms with Gasteiger partial charge in [-0.05, 0) is 59.2 Å². The first-order chi connectivity index (χ1) is 18.4. The highest BCUT2D eigenvalue weighted by molar-refractivity contribution is 5.93. The van der Waals surface area contributed by atoms with Gasteiger partial charge in [0.05, 0.1) is 22.4 Å². The number of alkyl halides is 12. The topological polar surface area (TPSA) is 12.9 Å². The number of benzene rings is 3. The van der Waals surface area contributed by atoms with Crippen molar-refractivity contribution in [3.63, 3.8) is 0 Å². The van der Waals surface area contributed by atoms with E-state index >= 15 is 0 Å². The Morgan fingerprint density at radius 3 is 1.27 bits per heavy atom. The van der Waals surface area contributed by atoms with Crippen molar-refractivity contribution in [2.75, 3.05) is 0 Å². The fourth-order valence-electron chi connectivity index (χ4n) is 3.98. The Morgan fingerprint density at radius 2 is 0.825 bits per heavy atom. The number of halogens is 12. The van der Waals surface area contributed by atoms with Crippen LogP contribution in [0.15, 0.2) is 78.9 Å². The second-order valence-corrected chi connectivity index (χ2v) is 8.51. The smallest absolute Gasteiger partial charge is 0.243 e. The van der Waals surface area contributed by atoms with E-state index in [1.807, 2.05) is 0 Å². The molecule has 210 valence electrons. The molecule has 4 rings (SSSR count). The Morgan fingerprint density at radius 1 is 0.425 bits per heavy atom. The Kier molecular flexibility index (Phi) is 7.14. The molecule has 1 nitrogen and oxygen atoms in total. The average molecular weight is 579 g/mol. The standard InChI is InChI=1S/C27H13F12N/c28-24(29,30)17-7-1-4-14(10-17)20-13-21(27(37,38)39)40-23(16-6-3-9-19(12-16)26(34,35)36)22(20)15-5-2-8-18(11-15)25(31,32)33/h1-13H. The van der Waals surface area contributed by atoms with E-state index in [1.54, 1.807) is 0 Å². The minimum Gasteiger partial charge on any atom is -0.243 e. The fourth-order valence-corrected chi connectivity index (χ4v) is 3.98. The first kappa shape index (κ1) is 29.0. The van der Waals surface area contributed by atoms with Crippen LogP contribution in [0.1, 0.15) is 22.4 Å². The van der Waals surface area contributed by atoms with Crippen LogP contribution in [0, 0.1) is 0 Å². The van der Waals surface area contributed by atoms with E-state index in [1.165, 1.54) is 0 Å². The van der Waals surface area contributed by atoms with Crippen molar-refractivity contribution in [2.45, 2.75) is 24.7 Å². The molecule has 0 spiro atoms. The maximum atomic E-state index is 13.9. The van der Waals surface area contributed by atoms with Gasteiger partial charge in [-0.25, -0.2) is 4.98 Å². The normalized spacial score (nSPS) is 13.0. The summed E-state index contributed by atoms with van der Waals surface area (Å²) < 4.78 is 163. The molecule has 0 aliphatic carbocycles. The number of nitrogens with zero attached hydrogens (tertiary/aromatic N) is 1. The Labute approximate surface area is 217 Å². The van der Waals surface area contributed by atoms with Crippen LogP contribution >= 0.6 is 0 Å². The number of pyridine rings is 1. The van der Waals surface area contributed by atoms with Crippen LogP contribution < -0.4 is 0 Å². The third kappa shape index (κ3) is 6.07. The third-order valence-electron chi connectivity index (χ3n) is 5.75. The zero-order valence-electron chi connectivity index (χ0n) is 19.5. The maximum Gasteiger partial charge on any atom is 0.433 e. The molecule has 0 fully saturated rings. The third-order valence-corrected chi connectivity index (χ3v) is 5.75. The molecular weight excluding hydrogens is 566 g/mol. The second kappa shape index (κ2) is 9.86. The van der Waals surface area contributed by atoms with Crippen molar-refractivity contribution in [2.24, 2.45) is 0 Å². The predicted octanol–water partition coefficient (Wildman–Crippen LogP) is 10.2. The summed E-state index contributed by atoms with van der Waals surface area (Å²) >= 11 is 0. The molecule has 0 N–H and O–H groups in total. The minimum absolute atomic E-state index is 0.349. The highest BCUT2D eigenvalue weighted by Gasteiger charge is 2.37. The van der Waals surface area contributed by atoms with Gasteiger partial charge in [0.15, 0.2) is 0 Å². The number of hydrogen-bond acceptors (Lipinski definition) is 1. The maximum absolute atomic E-state index is 13.9. The lowest BCUT2D eigenvalue weighted by Gasteiger charge is -2.20. The summed E-state index contributed by atoms with van der Waals surface area (Å²) in [4.78, 5) is 3.47. The van der Waals surface area contributed by atoms with Crippen molar-refractivity contribution >= 4 is 0 Å². The van der Waals surface area contributed by atoms with Gasteiger partial charge in [0.2, 0.25) is 0 Å². The summed E-state index contributed by atoms with van der Waals surface area (Å²) in [5.74, 6) is 0. The molecule has 0 amide bonds. The summed E-state index contributed by atoms with van der Waals surface area (Å²) in [5.41, 5.74) is -8.94. The molecule has 0 atom stereocenters. The Bertz CT molecular complexity index is 1460. The molecule has 13 heteroatoms. The van der Waals surface area contributed by atoms with Crippen molar-refractivity contribution in [3.05, 3.63) is 101 Å². The number of aromatic nitrogens is 1. The van der Waals surface area contributed by atoms with Gasteiger partial charge < -0.3 is 0 Å². The quantitative estimate of drug-likeness (QED) is 0.220. The van der Waals surface area contributed by atoms with Crippen molar-refractivity contribution < 1.29 is 52.7 Å². The first-order valence-electron chi connectivity index (χ1n) is 11.0. The lowest BCUT2D eigenvalue weighted by atomic mass is 9.88. The van der Waals surface area contributed by atoms with Crippen LogP contribution in [0.4, 0.5) is 52.7 Å². The Balaban J connectivity index is 2.17. The molecular formula is C27H13F12N. The highest BCUT2D eigenvalue weighted by Crippen LogP contribution is 2.45. The van der Waals surface area contributed by atoms with E-state index in [2.05, 4.69) is 4.98 Å². The van der Waals surface area contributed by atoms with Crippen LogP contribution in [0.3, 0.4) is 0 Å². The van der Waals surface area contributed by atoms with Gasteiger partial charge in [0.25, 0.3) is 0 Å². The van der Waals surface area contributed by atoms with Crippen molar-refractivity contribution in [1.29, 1.82) is 0 Å². The molecule has 0 saturated heterocycles. The molecule has 4 aromatic rings. The largest absolute Gasteiger partial charge is 0.433 e. The molecule has 0 radical (unpaired) electrons. The lowest BCUT2D eigenvalue weighted by molar-refractivity contribution is -0.141. The highest BCUT2D eigenvalue weighted by atomic mass is 19.4. The van der Waals surface area contributed by atoms with E-state index in [0.29, 0.717) is 42.5 Å². The van der Waals surface area contributed by atoms with Crippen LogP contribution in [0.5, 0.6) is 0 Å². The van der Waals surface area contributed by atoms with E-state index in [4.69, 9.17) is 0 Å². The number of rotatable bonds is 3. The summed E-state index contributed by atoms with van der Waals surface area (Å²) in [6.45, 7) is 0. The number of hydrogen-bond donors (Lipinski definition) is 0. The van der Waals surface area contributed by atoms with Gasteiger partial charge in [0.1, 0.15) is 5.69 Å².